The molecule has 0 unspecified atom stereocenters. The van der Waals surface area contributed by atoms with Gasteiger partial charge in [0.2, 0.25) is 0 Å². The van der Waals surface area contributed by atoms with Crippen LogP contribution < -0.4 is 0 Å². The van der Waals surface area contributed by atoms with Crippen molar-refractivity contribution in [2.75, 3.05) is 0 Å². The Morgan fingerprint density at radius 1 is 1.50 bits per heavy atom. The van der Waals surface area contributed by atoms with Gasteiger partial charge in [-0.05, 0) is 30.9 Å². The third kappa shape index (κ3) is 1.97. The van der Waals surface area contributed by atoms with E-state index >= 15 is 0 Å². The number of hydrogen-bond acceptors (Lipinski definition) is 4. The summed E-state index contributed by atoms with van der Waals surface area (Å²) in [5.74, 6) is -0.459. The van der Waals surface area contributed by atoms with Crippen molar-refractivity contribution in [3.05, 3.63) is 30.2 Å². The van der Waals surface area contributed by atoms with Crippen LogP contribution in [-0.2, 0) is 6.54 Å². The second-order valence-corrected chi connectivity index (χ2v) is 4.46. The molecule has 1 N–H and O–H groups in total. The minimum atomic E-state index is -1.06. The largest absolute Gasteiger partial charge is 0.476 e. The topological polar surface area (TPSA) is 80.9 Å². The number of rotatable bonds is 4. The summed E-state index contributed by atoms with van der Waals surface area (Å²) in [5, 5.41) is 16.9. The molecule has 92 valence electrons. The fourth-order valence-electron chi connectivity index (χ4n) is 1.92. The van der Waals surface area contributed by atoms with Crippen molar-refractivity contribution in [1.29, 1.82) is 0 Å². The summed E-state index contributed by atoms with van der Waals surface area (Å²) in [5.41, 5.74) is 1.27. The summed E-state index contributed by atoms with van der Waals surface area (Å²) in [4.78, 5) is 15.2. The van der Waals surface area contributed by atoms with Gasteiger partial charge in [-0.25, -0.2) is 9.48 Å². The molecule has 0 bridgehead atoms. The second-order valence-electron chi connectivity index (χ2n) is 4.46. The monoisotopic (exact) mass is 244 g/mol. The average Bonchev–Trinajstić information content (AvgIpc) is 3.07. The molecule has 0 aromatic carbocycles. The van der Waals surface area contributed by atoms with Crippen LogP contribution in [0.5, 0.6) is 0 Å². The van der Waals surface area contributed by atoms with Crippen LogP contribution in [0.25, 0.3) is 11.3 Å². The molecule has 18 heavy (non-hydrogen) atoms. The number of carboxylic acid groups (broad SMARTS) is 1. The van der Waals surface area contributed by atoms with E-state index in [9.17, 15) is 4.79 Å². The quantitative estimate of drug-likeness (QED) is 0.880. The third-order valence-corrected chi connectivity index (χ3v) is 3.00. The zero-order chi connectivity index (χ0) is 12.5. The van der Waals surface area contributed by atoms with Gasteiger partial charge >= 0.3 is 5.97 Å². The molecule has 0 aliphatic heterocycles. The van der Waals surface area contributed by atoms with Crippen LogP contribution in [0.3, 0.4) is 0 Å². The zero-order valence-electron chi connectivity index (χ0n) is 9.65. The van der Waals surface area contributed by atoms with Gasteiger partial charge in [-0.3, -0.25) is 4.98 Å². The Bertz CT molecular complexity index is 575. The van der Waals surface area contributed by atoms with Crippen molar-refractivity contribution in [2.24, 2.45) is 5.92 Å². The van der Waals surface area contributed by atoms with Crippen molar-refractivity contribution in [3.63, 3.8) is 0 Å². The van der Waals surface area contributed by atoms with E-state index in [0.717, 1.165) is 12.1 Å². The van der Waals surface area contributed by atoms with Crippen molar-refractivity contribution < 1.29 is 9.90 Å². The van der Waals surface area contributed by atoms with Crippen molar-refractivity contribution in [2.45, 2.75) is 19.4 Å². The minimum Gasteiger partial charge on any atom is -0.476 e. The third-order valence-electron chi connectivity index (χ3n) is 3.00. The smallest absolute Gasteiger partial charge is 0.358 e. The second kappa shape index (κ2) is 4.21. The lowest BCUT2D eigenvalue weighted by Crippen LogP contribution is -2.06. The van der Waals surface area contributed by atoms with Gasteiger partial charge in [0.15, 0.2) is 5.69 Å². The maximum atomic E-state index is 11.2. The Labute approximate surface area is 103 Å². The number of hydrogen-bond donors (Lipinski definition) is 1. The molecule has 0 spiro atoms. The van der Waals surface area contributed by atoms with Crippen LogP contribution in [0.2, 0.25) is 0 Å². The molecule has 2 heterocycles. The van der Waals surface area contributed by atoms with Crippen molar-refractivity contribution in [1.82, 2.24) is 20.0 Å². The summed E-state index contributed by atoms with van der Waals surface area (Å²) in [7, 11) is 0. The molecular weight excluding hydrogens is 232 g/mol. The van der Waals surface area contributed by atoms with Gasteiger partial charge in [-0.1, -0.05) is 5.21 Å². The molecule has 1 saturated carbocycles. The highest BCUT2D eigenvalue weighted by Crippen LogP contribution is 2.32. The Balaban J connectivity index is 2.07. The first-order valence-electron chi connectivity index (χ1n) is 5.83. The molecule has 6 nitrogen and oxygen atoms in total. The van der Waals surface area contributed by atoms with Crippen LogP contribution >= 0.6 is 0 Å². The van der Waals surface area contributed by atoms with Gasteiger partial charge in [0.1, 0.15) is 5.69 Å². The molecule has 0 saturated heterocycles. The highest BCUT2D eigenvalue weighted by Gasteiger charge is 2.27. The summed E-state index contributed by atoms with van der Waals surface area (Å²) >= 11 is 0. The van der Waals surface area contributed by atoms with E-state index in [0.29, 0.717) is 11.6 Å². The average molecular weight is 244 g/mol. The normalized spacial score (nSPS) is 14.7. The first kappa shape index (κ1) is 10.9. The van der Waals surface area contributed by atoms with Gasteiger partial charge in [-0.15, -0.1) is 5.10 Å². The molecule has 0 atom stereocenters. The lowest BCUT2D eigenvalue weighted by atomic mass is 10.1. The number of aromatic nitrogens is 4. The van der Waals surface area contributed by atoms with Gasteiger partial charge in [0, 0.05) is 24.5 Å². The van der Waals surface area contributed by atoms with E-state index < -0.39 is 5.97 Å². The highest BCUT2D eigenvalue weighted by atomic mass is 16.4. The maximum absolute atomic E-state index is 11.2. The number of carboxylic acids is 1. The fraction of sp³-hybridized carbons (Fsp3) is 0.333. The number of pyridine rings is 1. The molecule has 3 rings (SSSR count). The molecule has 1 aliphatic carbocycles. The van der Waals surface area contributed by atoms with Crippen molar-refractivity contribution in [3.8, 4) is 11.3 Å². The van der Waals surface area contributed by atoms with Crippen molar-refractivity contribution >= 4 is 5.97 Å². The predicted molar refractivity (Wildman–Crippen MR) is 62.9 cm³/mol. The molecule has 2 aromatic heterocycles. The number of aromatic carboxylic acids is 1. The molecule has 0 amide bonds. The SMILES string of the molecule is O=C(O)c1nnn(CC2CC2)c1-c1cccnc1. The van der Waals surface area contributed by atoms with Crippen LogP contribution in [0.1, 0.15) is 23.3 Å². The summed E-state index contributed by atoms with van der Waals surface area (Å²) in [6.07, 6.45) is 5.64. The standard InChI is InChI=1S/C12H12N4O2/c17-12(18)10-11(9-2-1-5-13-6-9)16(15-14-10)7-8-3-4-8/h1-2,5-6,8H,3-4,7H2,(H,17,18). The molecule has 6 heteroatoms. The first-order valence-corrected chi connectivity index (χ1v) is 5.83. The molecule has 2 aromatic rings. The van der Waals surface area contributed by atoms with E-state index in [1.807, 2.05) is 6.07 Å². The van der Waals surface area contributed by atoms with Crippen LogP contribution in [0.4, 0.5) is 0 Å². The lowest BCUT2D eigenvalue weighted by Gasteiger charge is -2.05. The van der Waals surface area contributed by atoms with E-state index in [1.165, 1.54) is 12.8 Å². The van der Waals surface area contributed by atoms with E-state index in [2.05, 4.69) is 15.3 Å². The van der Waals surface area contributed by atoms with Crippen LogP contribution in [-0.4, -0.2) is 31.1 Å². The summed E-state index contributed by atoms with van der Waals surface area (Å²) in [6.45, 7) is 0.727. The predicted octanol–water partition coefficient (Wildman–Crippen LogP) is 1.45. The highest BCUT2D eigenvalue weighted by molar-refractivity contribution is 5.92. The number of carbonyl (C=O) groups is 1. The van der Waals surface area contributed by atoms with Gasteiger partial charge in [0.05, 0.1) is 0 Å². The molecular formula is C12H12N4O2. The lowest BCUT2D eigenvalue weighted by molar-refractivity contribution is 0.0691. The summed E-state index contributed by atoms with van der Waals surface area (Å²) < 4.78 is 1.68. The molecule has 1 fully saturated rings. The molecule has 0 radical (unpaired) electrons. The van der Waals surface area contributed by atoms with Gasteiger partial charge in [-0.2, -0.15) is 0 Å². The number of nitrogens with zero attached hydrogens (tertiary/aromatic N) is 4. The minimum absolute atomic E-state index is 0.0105. The summed E-state index contributed by atoms with van der Waals surface area (Å²) in [6, 6.07) is 3.59. The Morgan fingerprint density at radius 3 is 2.94 bits per heavy atom. The van der Waals surface area contributed by atoms with E-state index in [1.54, 1.807) is 23.1 Å². The van der Waals surface area contributed by atoms with Gasteiger partial charge in [0.25, 0.3) is 0 Å². The first-order chi connectivity index (χ1) is 8.75. The Morgan fingerprint density at radius 2 is 2.33 bits per heavy atom. The Hall–Kier alpha value is -2.24. The van der Waals surface area contributed by atoms with E-state index in [-0.39, 0.29) is 5.69 Å². The molecule has 1 aliphatic rings. The zero-order valence-corrected chi connectivity index (χ0v) is 9.65. The Kier molecular flexibility index (Phi) is 2.55. The van der Waals surface area contributed by atoms with E-state index in [4.69, 9.17) is 5.11 Å². The van der Waals surface area contributed by atoms with Crippen LogP contribution in [0.15, 0.2) is 24.5 Å². The fourth-order valence-corrected chi connectivity index (χ4v) is 1.92. The van der Waals surface area contributed by atoms with Crippen LogP contribution in [0, 0.1) is 5.92 Å². The van der Waals surface area contributed by atoms with Gasteiger partial charge < -0.3 is 5.11 Å². The maximum Gasteiger partial charge on any atom is 0.358 e.